The summed E-state index contributed by atoms with van der Waals surface area (Å²) in [5.41, 5.74) is 9.05. The zero-order valence-electron chi connectivity index (χ0n) is 18.7. The second-order valence-corrected chi connectivity index (χ2v) is 8.14. The number of hydrogen-bond donors (Lipinski definition) is 1. The fraction of sp³-hybridized carbons (Fsp3) is 0.400. The number of fused-ring (bicyclic) bond motifs is 1. The lowest BCUT2D eigenvalue weighted by molar-refractivity contribution is -0.145. The van der Waals surface area contributed by atoms with Crippen molar-refractivity contribution < 1.29 is 23.8 Å². The maximum atomic E-state index is 13.1. The number of hydrogen-bond acceptors (Lipinski definition) is 8. The van der Waals surface area contributed by atoms with Crippen LogP contribution in [0.4, 0.5) is 0 Å². The number of nitrogens with zero attached hydrogens (tertiary/aromatic N) is 2. The van der Waals surface area contributed by atoms with E-state index >= 15 is 0 Å². The maximum absolute atomic E-state index is 13.1. The molecule has 2 aliphatic rings. The number of ether oxygens (including phenoxy) is 3. The van der Waals surface area contributed by atoms with E-state index < -0.39 is 6.23 Å². The van der Waals surface area contributed by atoms with E-state index in [2.05, 4.69) is 5.10 Å². The molecule has 8 nitrogen and oxygen atoms in total. The normalized spacial score (nSPS) is 20.2. The standard InChI is InChI=1S/C25H29N3O5/c1-2-32-23(29)15-21-14-20-13-19(7-8-22(20)33-25(21)26)24(30)18-5-3-17(4-6-18)16-27-28-9-11-31-12-10-28/h3-8,13,16,21,25H,2,9-12,14-15,26H2,1H3. The number of nitrogens with two attached hydrogens (primary N) is 1. The lowest BCUT2D eigenvalue weighted by atomic mass is 9.90. The Bertz CT molecular complexity index is 1020. The molecule has 33 heavy (non-hydrogen) atoms. The first kappa shape index (κ1) is 22.9. The predicted molar refractivity (Wildman–Crippen MR) is 123 cm³/mol. The summed E-state index contributed by atoms with van der Waals surface area (Å²) in [6, 6.07) is 12.7. The highest BCUT2D eigenvalue weighted by atomic mass is 16.5. The summed E-state index contributed by atoms with van der Waals surface area (Å²) in [4.78, 5) is 25.0. The Morgan fingerprint density at radius 3 is 2.61 bits per heavy atom. The van der Waals surface area contributed by atoms with E-state index in [1.54, 1.807) is 37.4 Å². The first-order valence-electron chi connectivity index (χ1n) is 11.3. The average Bonchev–Trinajstić information content (AvgIpc) is 2.83. The SMILES string of the molecule is CCOC(=O)CC1Cc2cc(C(=O)c3ccc(C=NN4CCOCC4)cc3)ccc2OC1N. The topological polar surface area (TPSA) is 103 Å². The van der Waals surface area contributed by atoms with Crippen LogP contribution >= 0.6 is 0 Å². The van der Waals surface area contributed by atoms with Crippen molar-refractivity contribution in [3.63, 3.8) is 0 Å². The van der Waals surface area contributed by atoms with Crippen molar-refractivity contribution in [3.05, 3.63) is 64.7 Å². The lowest BCUT2D eigenvalue weighted by Crippen LogP contribution is -2.41. The number of ketones is 1. The molecule has 174 valence electrons. The molecule has 1 fully saturated rings. The van der Waals surface area contributed by atoms with Gasteiger partial charge in [-0.3, -0.25) is 20.3 Å². The van der Waals surface area contributed by atoms with E-state index in [1.165, 1.54) is 0 Å². The van der Waals surface area contributed by atoms with Gasteiger partial charge in [0, 0.05) is 17.0 Å². The van der Waals surface area contributed by atoms with Crippen LogP contribution in [0.1, 0.15) is 40.4 Å². The number of hydrazone groups is 1. The van der Waals surface area contributed by atoms with Gasteiger partial charge in [0.2, 0.25) is 0 Å². The van der Waals surface area contributed by atoms with Crippen LogP contribution in [0.15, 0.2) is 47.6 Å². The molecule has 0 aliphatic carbocycles. The molecular formula is C25H29N3O5. The largest absolute Gasteiger partial charge is 0.475 e. The molecule has 4 rings (SSSR count). The summed E-state index contributed by atoms with van der Waals surface area (Å²) in [7, 11) is 0. The average molecular weight is 452 g/mol. The van der Waals surface area contributed by atoms with Crippen LogP contribution in [0.2, 0.25) is 0 Å². The van der Waals surface area contributed by atoms with E-state index in [0.717, 1.165) is 24.2 Å². The molecule has 2 unspecified atom stereocenters. The monoisotopic (exact) mass is 451 g/mol. The van der Waals surface area contributed by atoms with Gasteiger partial charge < -0.3 is 14.2 Å². The van der Waals surface area contributed by atoms with Gasteiger partial charge in [0.05, 0.1) is 45.5 Å². The van der Waals surface area contributed by atoms with Crippen molar-refractivity contribution in [1.82, 2.24) is 5.01 Å². The van der Waals surface area contributed by atoms with Gasteiger partial charge in [-0.2, -0.15) is 5.10 Å². The minimum Gasteiger partial charge on any atom is -0.475 e. The third-order valence-corrected chi connectivity index (χ3v) is 5.80. The molecule has 0 amide bonds. The third-order valence-electron chi connectivity index (χ3n) is 5.80. The van der Waals surface area contributed by atoms with Crippen molar-refractivity contribution in [2.75, 3.05) is 32.9 Å². The van der Waals surface area contributed by atoms with Crippen LogP contribution in [0, 0.1) is 5.92 Å². The Balaban J connectivity index is 1.43. The summed E-state index contributed by atoms with van der Waals surface area (Å²) in [5, 5.41) is 6.44. The van der Waals surface area contributed by atoms with E-state index in [1.807, 2.05) is 23.2 Å². The Morgan fingerprint density at radius 1 is 1.15 bits per heavy atom. The predicted octanol–water partition coefficient (Wildman–Crippen LogP) is 2.37. The van der Waals surface area contributed by atoms with E-state index in [4.69, 9.17) is 19.9 Å². The molecule has 2 aromatic carbocycles. The second-order valence-electron chi connectivity index (χ2n) is 8.14. The fourth-order valence-corrected chi connectivity index (χ4v) is 3.96. The summed E-state index contributed by atoms with van der Waals surface area (Å²) in [5.74, 6) is 0.0709. The Morgan fingerprint density at radius 2 is 1.88 bits per heavy atom. The van der Waals surface area contributed by atoms with Crippen LogP contribution < -0.4 is 10.5 Å². The van der Waals surface area contributed by atoms with Crippen LogP contribution in [0.3, 0.4) is 0 Å². The van der Waals surface area contributed by atoms with Crippen molar-refractivity contribution in [2.45, 2.75) is 26.0 Å². The van der Waals surface area contributed by atoms with Gasteiger partial charge in [-0.1, -0.05) is 24.3 Å². The van der Waals surface area contributed by atoms with E-state index in [9.17, 15) is 9.59 Å². The second kappa shape index (κ2) is 10.6. The van der Waals surface area contributed by atoms with Crippen molar-refractivity contribution in [3.8, 4) is 5.75 Å². The molecule has 0 aromatic heterocycles. The van der Waals surface area contributed by atoms with Crippen LogP contribution in [-0.4, -0.2) is 62.1 Å². The molecule has 0 radical (unpaired) electrons. The molecule has 2 aromatic rings. The minimum atomic E-state index is -0.588. The minimum absolute atomic E-state index is 0.0775. The third kappa shape index (κ3) is 5.77. The van der Waals surface area contributed by atoms with Crippen molar-refractivity contribution >= 4 is 18.0 Å². The van der Waals surface area contributed by atoms with Crippen LogP contribution in [0.5, 0.6) is 5.75 Å². The smallest absolute Gasteiger partial charge is 0.306 e. The van der Waals surface area contributed by atoms with Gasteiger partial charge in [0.1, 0.15) is 5.75 Å². The van der Waals surface area contributed by atoms with E-state index in [0.29, 0.717) is 43.1 Å². The van der Waals surface area contributed by atoms with Crippen LogP contribution in [0.25, 0.3) is 0 Å². The molecule has 0 bridgehead atoms. The number of carbonyl (C=O) groups is 2. The number of carbonyl (C=O) groups excluding carboxylic acids is 2. The quantitative estimate of drug-likeness (QED) is 0.392. The molecular weight excluding hydrogens is 422 g/mol. The summed E-state index contributed by atoms with van der Waals surface area (Å²) >= 11 is 0. The van der Waals surface area contributed by atoms with Crippen molar-refractivity contribution in [1.29, 1.82) is 0 Å². The lowest BCUT2D eigenvalue weighted by Gasteiger charge is -2.30. The molecule has 2 atom stereocenters. The van der Waals surface area contributed by atoms with Crippen molar-refractivity contribution in [2.24, 2.45) is 16.8 Å². The molecule has 8 heteroatoms. The van der Waals surface area contributed by atoms with Gasteiger partial charge in [-0.15, -0.1) is 0 Å². The number of esters is 1. The molecule has 2 N–H and O–H groups in total. The first-order chi connectivity index (χ1) is 16.0. The van der Waals surface area contributed by atoms with Gasteiger partial charge >= 0.3 is 5.97 Å². The van der Waals surface area contributed by atoms with Gasteiger partial charge in [0.15, 0.2) is 12.0 Å². The van der Waals surface area contributed by atoms with Gasteiger partial charge in [-0.25, -0.2) is 0 Å². The highest BCUT2D eigenvalue weighted by Gasteiger charge is 2.30. The number of morpholine rings is 1. The Hall–Kier alpha value is -3.23. The molecule has 2 heterocycles. The summed E-state index contributed by atoms with van der Waals surface area (Å²) in [6.07, 6.45) is 1.94. The van der Waals surface area contributed by atoms with Gasteiger partial charge in [0.25, 0.3) is 0 Å². The zero-order valence-corrected chi connectivity index (χ0v) is 18.7. The summed E-state index contributed by atoms with van der Waals surface area (Å²) in [6.45, 7) is 5.03. The fourth-order valence-electron chi connectivity index (χ4n) is 3.96. The molecule has 0 saturated carbocycles. The summed E-state index contributed by atoms with van der Waals surface area (Å²) < 4.78 is 16.1. The van der Waals surface area contributed by atoms with Gasteiger partial charge in [-0.05, 0) is 42.7 Å². The highest BCUT2D eigenvalue weighted by Crippen LogP contribution is 2.32. The number of benzene rings is 2. The first-order valence-corrected chi connectivity index (χ1v) is 11.3. The zero-order chi connectivity index (χ0) is 23.2. The Labute approximate surface area is 193 Å². The molecule has 0 spiro atoms. The molecule has 2 aliphatic heterocycles. The maximum Gasteiger partial charge on any atom is 0.306 e. The number of rotatable bonds is 7. The molecule has 1 saturated heterocycles. The van der Waals surface area contributed by atoms with E-state index in [-0.39, 0.29) is 24.1 Å². The Kier molecular flexibility index (Phi) is 7.36. The van der Waals surface area contributed by atoms with Crippen LogP contribution in [-0.2, 0) is 20.7 Å². The highest BCUT2D eigenvalue weighted by molar-refractivity contribution is 6.09.